The average Bonchev–Trinajstić information content (AvgIpc) is 3.19. The van der Waals surface area contributed by atoms with Gasteiger partial charge in [-0.1, -0.05) is 0 Å². The van der Waals surface area contributed by atoms with Crippen LogP contribution in [0.2, 0.25) is 0 Å². The monoisotopic (exact) mass is 319 g/mol. The third-order valence-corrected chi connectivity index (χ3v) is 5.80. The second-order valence-corrected chi connectivity index (χ2v) is 7.79. The predicted octanol–water partition coefficient (Wildman–Crippen LogP) is 1.49. The summed E-state index contributed by atoms with van der Waals surface area (Å²) in [5, 5.41) is 25.2. The molecule has 0 amide bonds. The molecule has 0 spiro atoms. The van der Waals surface area contributed by atoms with E-state index in [1.807, 2.05) is 23.9 Å². The number of hydrogen-bond acceptors (Lipinski definition) is 6. The van der Waals surface area contributed by atoms with Crippen molar-refractivity contribution in [1.29, 1.82) is 0 Å². The van der Waals surface area contributed by atoms with Crippen LogP contribution in [0.4, 0.5) is 0 Å². The molecule has 0 aromatic carbocycles. The molecule has 0 unspecified atom stereocenters. The first-order valence-electron chi connectivity index (χ1n) is 7.87. The van der Waals surface area contributed by atoms with Gasteiger partial charge in [-0.05, 0) is 37.7 Å². The van der Waals surface area contributed by atoms with Crippen molar-refractivity contribution in [2.24, 2.45) is 11.8 Å². The summed E-state index contributed by atoms with van der Waals surface area (Å²) in [5.74, 6) is 1.24. The highest BCUT2D eigenvalue weighted by Gasteiger charge is 2.42. The summed E-state index contributed by atoms with van der Waals surface area (Å²) in [5.41, 5.74) is 0. The molecule has 4 atom stereocenters. The maximum absolute atomic E-state index is 10.5. The van der Waals surface area contributed by atoms with E-state index in [1.165, 1.54) is 0 Å². The molecule has 1 aliphatic carbocycles. The summed E-state index contributed by atoms with van der Waals surface area (Å²) in [7, 11) is 0. The summed E-state index contributed by atoms with van der Waals surface area (Å²) >= 11 is 1.68. The summed E-state index contributed by atoms with van der Waals surface area (Å²) in [4.78, 5) is 2.47. The number of rotatable bonds is 3. The van der Waals surface area contributed by atoms with Crippen molar-refractivity contribution in [3.05, 3.63) is 28.5 Å². The van der Waals surface area contributed by atoms with Gasteiger partial charge in [-0.15, -0.1) is 21.5 Å². The van der Waals surface area contributed by atoms with E-state index < -0.39 is 0 Å². The van der Waals surface area contributed by atoms with Crippen LogP contribution in [0.15, 0.2) is 18.5 Å². The van der Waals surface area contributed by atoms with Crippen LogP contribution in [0.3, 0.4) is 0 Å². The lowest BCUT2D eigenvalue weighted by molar-refractivity contribution is 0.0306. The number of fused-ring (bicyclic) bond motifs is 1. The Hall–Kier alpha value is -1.31. The summed E-state index contributed by atoms with van der Waals surface area (Å²) in [6.07, 6.45) is 5.35. The molecule has 2 aromatic heterocycles. The molecule has 0 bridgehead atoms. The van der Waals surface area contributed by atoms with E-state index in [-0.39, 0.29) is 12.1 Å². The van der Waals surface area contributed by atoms with Gasteiger partial charge in [0.25, 0.3) is 0 Å². The zero-order valence-electron chi connectivity index (χ0n) is 12.7. The molecule has 22 heavy (non-hydrogen) atoms. The van der Waals surface area contributed by atoms with E-state index in [2.05, 4.69) is 20.2 Å². The molecule has 2 fully saturated rings. The summed E-state index contributed by atoms with van der Waals surface area (Å²) < 4.78 is 1.93. The molecule has 1 aliphatic heterocycles. The fourth-order valence-corrected chi connectivity index (χ4v) is 4.74. The van der Waals surface area contributed by atoms with Gasteiger partial charge < -0.3 is 5.11 Å². The third-order valence-electron chi connectivity index (χ3n) is 4.98. The van der Waals surface area contributed by atoms with Gasteiger partial charge in [0.15, 0.2) is 0 Å². The molecule has 0 radical (unpaired) electrons. The van der Waals surface area contributed by atoms with E-state index in [4.69, 9.17) is 0 Å². The zero-order valence-corrected chi connectivity index (χ0v) is 13.5. The van der Waals surface area contributed by atoms with Crippen LogP contribution in [-0.4, -0.2) is 49.2 Å². The fraction of sp³-hybridized carbons (Fsp3) is 0.667. The minimum absolute atomic E-state index is 0.125. The first-order valence-corrected chi connectivity index (χ1v) is 8.69. The van der Waals surface area contributed by atoms with Crippen molar-refractivity contribution in [1.82, 2.24) is 24.9 Å². The van der Waals surface area contributed by atoms with Crippen LogP contribution < -0.4 is 0 Å². The standard InChI is InChI=1S/C15H21N5OS/c1-10-17-18-15(22-10)9-19-7-11-5-13(20-4-2-3-16-20)14(21)6-12(11)8-19/h2-4,11-14,21H,5-9H2,1H3/t11-,12+,13-,14-/m1/s1. The average molecular weight is 319 g/mol. The topological polar surface area (TPSA) is 67.1 Å². The van der Waals surface area contributed by atoms with Crippen molar-refractivity contribution in [2.75, 3.05) is 13.1 Å². The zero-order chi connectivity index (χ0) is 15.1. The van der Waals surface area contributed by atoms with Gasteiger partial charge >= 0.3 is 0 Å². The van der Waals surface area contributed by atoms with E-state index in [9.17, 15) is 5.11 Å². The van der Waals surface area contributed by atoms with Crippen LogP contribution in [0, 0.1) is 18.8 Å². The molecule has 2 aromatic rings. The van der Waals surface area contributed by atoms with Crippen LogP contribution in [0.1, 0.15) is 28.9 Å². The van der Waals surface area contributed by atoms with Crippen LogP contribution in [0.5, 0.6) is 0 Å². The van der Waals surface area contributed by atoms with Gasteiger partial charge in [-0.2, -0.15) is 5.10 Å². The van der Waals surface area contributed by atoms with Gasteiger partial charge in [0.1, 0.15) is 10.0 Å². The van der Waals surface area contributed by atoms with Crippen molar-refractivity contribution in [3.63, 3.8) is 0 Å². The fourth-order valence-electron chi connectivity index (χ4n) is 3.99. The van der Waals surface area contributed by atoms with Gasteiger partial charge in [0, 0.05) is 25.5 Å². The van der Waals surface area contributed by atoms with Crippen LogP contribution in [0.25, 0.3) is 0 Å². The second kappa shape index (κ2) is 5.72. The third kappa shape index (κ3) is 2.68. The molecule has 6 nitrogen and oxygen atoms in total. The highest BCUT2D eigenvalue weighted by atomic mass is 32.1. The Morgan fingerprint density at radius 3 is 2.77 bits per heavy atom. The van der Waals surface area contributed by atoms with Gasteiger partial charge in [0.2, 0.25) is 0 Å². The first-order chi connectivity index (χ1) is 10.7. The maximum Gasteiger partial charge on any atom is 0.131 e. The number of aromatic nitrogens is 4. The minimum Gasteiger partial charge on any atom is -0.391 e. The Morgan fingerprint density at radius 1 is 1.27 bits per heavy atom. The first kappa shape index (κ1) is 14.3. The molecule has 3 heterocycles. The van der Waals surface area contributed by atoms with Crippen LogP contribution in [-0.2, 0) is 6.54 Å². The van der Waals surface area contributed by atoms with E-state index in [1.54, 1.807) is 17.5 Å². The maximum atomic E-state index is 10.5. The van der Waals surface area contributed by atoms with Gasteiger partial charge in [-0.3, -0.25) is 9.58 Å². The lowest BCUT2D eigenvalue weighted by Crippen LogP contribution is -2.36. The Bertz CT molecular complexity index is 628. The highest BCUT2D eigenvalue weighted by Crippen LogP contribution is 2.41. The van der Waals surface area contributed by atoms with Crippen LogP contribution >= 0.6 is 11.3 Å². The molecule has 1 N–H and O–H groups in total. The van der Waals surface area contributed by atoms with E-state index in [0.717, 1.165) is 42.5 Å². The molecular weight excluding hydrogens is 298 g/mol. The normalized spacial score (nSPS) is 32.3. The van der Waals surface area contributed by atoms with E-state index >= 15 is 0 Å². The predicted molar refractivity (Wildman–Crippen MR) is 83.4 cm³/mol. The number of nitrogens with zero attached hydrogens (tertiary/aromatic N) is 5. The Labute approximate surface area is 133 Å². The van der Waals surface area contributed by atoms with Gasteiger partial charge in [0.05, 0.1) is 18.7 Å². The smallest absolute Gasteiger partial charge is 0.131 e. The number of aryl methyl sites for hydroxylation is 1. The minimum atomic E-state index is -0.287. The summed E-state index contributed by atoms with van der Waals surface area (Å²) in [6, 6.07) is 2.05. The van der Waals surface area contributed by atoms with Crippen molar-refractivity contribution < 1.29 is 5.11 Å². The molecule has 118 valence electrons. The molecule has 1 saturated carbocycles. The molecule has 7 heteroatoms. The lowest BCUT2D eigenvalue weighted by atomic mass is 9.77. The SMILES string of the molecule is Cc1nnc(CN2C[C@H]3C[C@@H](n4cccn4)[C@H](O)C[C@H]3C2)s1. The molecular formula is C15H21N5OS. The Kier molecular flexibility index (Phi) is 3.71. The second-order valence-electron chi connectivity index (χ2n) is 6.52. The van der Waals surface area contributed by atoms with Crippen molar-refractivity contribution in [2.45, 2.75) is 38.5 Å². The van der Waals surface area contributed by atoms with Gasteiger partial charge in [-0.25, -0.2) is 0 Å². The Balaban J connectivity index is 1.43. The number of aliphatic hydroxyl groups is 1. The number of hydrogen-bond donors (Lipinski definition) is 1. The lowest BCUT2D eigenvalue weighted by Gasteiger charge is -2.35. The quantitative estimate of drug-likeness (QED) is 0.928. The highest BCUT2D eigenvalue weighted by molar-refractivity contribution is 7.11. The van der Waals surface area contributed by atoms with E-state index in [0.29, 0.717) is 11.8 Å². The number of aliphatic hydroxyl groups excluding tert-OH is 1. The largest absolute Gasteiger partial charge is 0.391 e. The summed E-state index contributed by atoms with van der Waals surface area (Å²) in [6.45, 7) is 5.04. The van der Waals surface area contributed by atoms with Crippen molar-refractivity contribution in [3.8, 4) is 0 Å². The molecule has 1 saturated heterocycles. The Morgan fingerprint density at radius 2 is 2.09 bits per heavy atom. The molecule has 2 aliphatic rings. The van der Waals surface area contributed by atoms with Crippen molar-refractivity contribution >= 4 is 11.3 Å². The number of likely N-dealkylation sites (tertiary alicyclic amines) is 1. The molecule has 4 rings (SSSR count).